The molecule has 7 heteroatoms. The van der Waals surface area contributed by atoms with Crippen molar-refractivity contribution in [3.63, 3.8) is 0 Å². The molecular formula is C9H12N4O2S. The van der Waals surface area contributed by atoms with Gasteiger partial charge in [0.1, 0.15) is 11.0 Å². The largest absolute Gasteiger partial charge is 0.394 e. The maximum absolute atomic E-state index is 8.83. The topological polar surface area (TPSA) is 98.1 Å². The maximum Gasteiger partial charge on any atom is 0.245 e. The number of aliphatic hydroxyl groups excluding tert-OH is 1. The van der Waals surface area contributed by atoms with Crippen molar-refractivity contribution in [2.45, 2.75) is 19.4 Å². The number of hydrogen-bond donors (Lipinski definition) is 2. The molecule has 0 aliphatic carbocycles. The van der Waals surface area contributed by atoms with Gasteiger partial charge in [0.2, 0.25) is 5.89 Å². The number of thiazole rings is 1. The number of aromatic nitrogens is 3. The van der Waals surface area contributed by atoms with E-state index in [9.17, 15) is 0 Å². The first kappa shape index (κ1) is 11.2. The molecule has 16 heavy (non-hydrogen) atoms. The van der Waals surface area contributed by atoms with Crippen LogP contribution in [0.2, 0.25) is 0 Å². The summed E-state index contributed by atoms with van der Waals surface area (Å²) in [5.74, 6) is 0.791. The van der Waals surface area contributed by atoms with Gasteiger partial charge in [0.05, 0.1) is 13.0 Å². The van der Waals surface area contributed by atoms with Gasteiger partial charge < -0.3 is 15.4 Å². The number of nitrogens with two attached hydrogens (primary N) is 1. The lowest BCUT2D eigenvalue weighted by molar-refractivity contribution is 0.236. The van der Waals surface area contributed by atoms with Crippen LogP contribution in [0.15, 0.2) is 9.90 Å². The Labute approximate surface area is 96.1 Å². The van der Waals surface area contributed by atoms with Crippen LogP contribution in [0.1, 0.15) is 28.5 Å². The molecule has 0 amide bonds. The summed E-state index contributed by atoms with van der Waals surface area (Å²) in [7, 11) is 0. The first-order chi connectivity index (χ1) is 7.69. The second kappa shape index (κ2) is 4.69. The fraction of sp³-hybridized carbons (Fsp3) is 0.444. The van der Waals surface area contributed by atoms with Crippen LogP contribution in [-0.2, 0) is 6.42 Å². The highest BCUT2D eigenvalue weighted by Gasteiger charge is 2.14. The average Bonchev–Trinajstić information content (AvgIpc) is 2.87. The van der Waals surface area contributed by atoms with Gasteiger partial charge in [-0.2, -0.15) is 4.98 Å². The minimum Gasteiger partial charge on any atom is -0.394 e. The van der Waals surface area contributed by atoms with Gasteiger partial charge in [-0.05, 0) is 6.92 Å². The van der Waals surface area contributed by atoms with Crippen LogP contribution in [0.4, 0.5) is 0 Å². The molecule has 0 aromatic carbocycles. The highest BCUT2D eigenvalue weighted by atomic mass is 32.1. The normalized spacial score (nSPS) is 12.9. The van der Waals surface area contributed by atoms with E-state index in [1.54, 1.807) is 11.3 Å². The summed E-state index contributed by atoms with van der Waals surface area (Å²) >= 11 is 1.55. The highest BCUT2D eigenvalue weighted by Crippen LogP contribution is 2.14. The zero-order valence-corrected chi connectivity index (χ0v) is 9.57. The third-order valence-corrected chi connectivity index (χ3v) is 2.94. The molecule has 3 N–H and O–H groups in total. The van der Waals surface area contributed by atoms with Gasteiger partial charge in [-0.1, -0.05) is 5.16 Å². The first-order valence-electron chi connectivity index (χ1n) is 4.79. The van der Waals surface area contributed by atoms with E-state index in [4.69, 9.17) is 15.4 Å². The van der Waals surface area contributed by atoms with E-state index in [1.807, 2.05) is 12.3 Å². The van der Waals surface area contributed by atoms with Crippen LogP contribution < -0.4 is 5.73 Å². The van der Waals surface area contributed by atoms with Gasteiger partial charge in [-0.3, -0.25) is 0 Å². The van der Waals surface area contributed by atoms with Crippen molar-refractivity contribution < 1.29 is 9.63 Å². The van der Waals surface area contributed by atoms with Crippen molar-refractivity contribution in [3.8, 4) is 0 Å². The average molecular weight is 240 g/mol. The number of aliphatic hydroxyl groups is 1. The fourth-order valence-electron chi connectivity index (χ4n) is 1.19. The number of rotatable bonds is 4. The number of aryl methyl sites for hydroxylation is 1. The fourth-order valence-corrected chi connectivity index (χ4v) is 1.96. The van der Waals surface area contributed by atoms with Crippen molar-refractivity contribution in [2.24, 2.45) is 5.73 Å². The molecule has 0 saturated heterocycles. The van der Waals surface area contributed by atoms with Gasteiger partial charge in [0.15, 0.2) is 5.82 Å². The molecule has 1 atom stereocenters. The summed E-state index contributed by atoms with van der Waals surface area (Å²) in [6, 6.07) is -0.612. The Kier molecular flexibility index (Phi) is 3.28. The quantitative estimate of drug-likeness (QED) is 0.803. The minimum atomic E-state index is -0.612. The molecule has 6 nitrogen and oxygen atoms in total. The molecule has 0 bridgehead atoms. The molecule has 0 saturated carbocycles. The molecule has 0 spiro atoms. The second-order valence-corrected chi connectivity index (χ2v) is 4.34. The number of nitrogens with zero attached hydrogens (tertiary/aromatic N) is 3. The molecule has 0 aliphatic heterocycles. The van der Waals surface area contributed by atoms with E-state index in [-0.39, 0.29) is 12.5 Å². The summed E-state index contributed by atoms with van der Waals surface area (Å²) in [6.07, 6.45) is 0.528. The van der Waals surface area contributed by atoms with Crippen LogP contribution in [-0.4, -0.2) is 26.8 Å². The lowest BCUT2D eigenvalue weighted by atomic mass is 10.3. The van der Waals surface area contributed by atoms with Crippen LogP contribution in [0.25, 0.3) is 0 Å². The molecule has 2 aromatic rings. The Bertz CT molecular complexity index is 468. The zero-order chi connectivity index (χ0) is 11.5. The van der Waals surface area contributed by atoms with Gasteiger partial charge >= 0.3 is 0 Å². The van der Waals surface area contributed by atoms with Crippen LogP contribution in [0, 0.1) is 6.92 Å². The first-order valence-corrected chi connectivity index (χ1v) is 5.67. The van der Waals surface area contributed by atoms with E-state index in [0.29, 0.717) is 12.2 Å². The second-order valence-electron chi connectivity index (χ2n) is 3.40. The Morgan fingerprint density at radius 1 is 1.56 bits per heavy atom. The van der Waals surface area contributed by atoms with Crippen molar-refractivity contribution >= 4 is 11.3 Å². The molecule has 1 unspecified atom stereocenters. The summed E-state index contributed by atoms with van der Waals surface area (Å²) in [5.41, 5.74) is 6.53. The zero-order valence-electron chi connectivity index (χ0n) is 8.75. The molecular weight excluding hydrogens is 228 g/mol. The third kappa shape index (κ3) is 2.43. The predicted molar refractivity (Wildman–Crippen MR) is 58.0 cm³/mol. The molecule has 2 aromatic heterocycles. The smallest absolute Gasteiger partial charge is 0.245 e. The minimum absolute atomic E-state index is 0.210. The van der Waals surface area contributed by atoms with Gasteiger partial charge in [0, 0.05) is 11.1 Å². The predicted octanol–water partition coefficient (Wildman–Crippen LogP) is 0.417. The van der Waals surface area contributed by atoms with Gasteiger partial charge in [-0.25, -0.2) is 4.98 Å². The Morgan fingerprint density at radius 3 is 3.00 bits per heavy atom. The lowest BCUT2D eigenvalue weighted by Gasteiger charge is -1.98. The lowest BCUT2D eigenvalue weighted by Crippen LogP contribution is -2.14. The number of hydrogen-bond acceptors (Lipinski definition) is 7. The Hall–Kier alpha value is -1.31. The van der Waals surface area contributed by atoms with Crippen LogP contribution >= 0.6 is 11.3 Å². The van der Waals surface area contributed by atoms with Crippen molar-refractivity contribution in [2.75, 3.05) is 6.61 Å². The third-order valence-electron chi connectivity index (χ3n) is 1.97. The summed E-state index contributed by atoms with van der Waals surface area (Å²) in [4.78, 5) is 8.39. The summed E-state index contributed by atoms with van der Waals surface area (Å²) in [6.45, 7) is 1.72. The van der Waals surface area contributed by atoms with Crippen molar-refractivity contribution in [1.82, 2.24) is 15.1 Å². The van der Waals surface area contributed by atoms with E-state index < -0.39 is 6.04 Å². The van der Waals surface area contributed by atoms with Gasteiger partial charge in [-0.15, -0.1) is 11.3 Å². The van der Waals surface area contributed by atoms with E-state index in [2.05, 4.69) is 15.1 Å². The van der Waals surface area contributed by atoms with E-state index in [1.165, 1.54) is 0 Å². The molecule has 0 aliphatic rings. The SMILES string of the molecule is Cc1csc(Cc2noc(C(N)CO)n2)n1. The Morgan fingerprint density at radius 2 is 2.38 bits per heavy atom. The van der Waals surface area contributed by atoms with Crippen LogP contribution in [0.3, 0.4) is 0 Å². The molecule has 86 valence electrons. The molecule has 2 rings (SSSR count). The van der Waals surface area contributed by atoms with Gasteiger partial charge in [0.25, 0.3) is 0 Å². The van der Waals surface area contributed by atoms with Crippen molar-refractivity contribution in [1.29, 1.82) is 0 Å². The molecule has 0 fully saturated rings. The highest BCUT2D eigenvalue weighted by molar-refractivity contribution is 7.09. The van der Waals surface area contributed by atoms with E-state index in [0.717, 1.165) is 10.7 Å². The molecule has 0 radical (unpaired) electrons. The summed E-state index contributed by atoms with van der Waals surface area (Å²) in [5, 5.41) is 15.5. The monoisotopic (exact) mass is 240 g/mol. The van der Waals surface area contributed by atoms with Crippen LogP contribution in [0.5, 0.6) is 0 Å². The maximum atomic E-state index is 8.83. The molecule has 2 heterocycles. The van der Waals surface area contributed by atoms with Crippen molar-refractivity contribution in [3.05, 3.63) is 27.8 Å². The standard InChI is InChI=1S/C9H12N4O2S/c1-5-4-16-8(11-5)2-7-12-9(15-13-7)6(10)3-14/h4,6,14H,2-3,10H2,1H3. The summed E-state index contributed by atoms with van der Waals surface area (Å²) < 4.78 is 4.93. The Balaban J connectivity index is 2.08. The van der Waals surface area contributed by atoms with E-state index >= 15 is 0 Å².